The molecular weight excluding hydrogens is 274 g/mol. The van der Waals surface area contributed by atoms with Gasteiger partial charge in [-0.1, -0.05) is 39.0 Å². The average Bonchev–Trinajstić information content (AvgIpc) is 2.80. The molecule has 0 fully saturated rings. The van der Waals surface area contributed by atoms with Gasteiger partial charge in [0.1, 0.15) is 0 Å². The van der Waals surface area contributed by atoms with Gasteiger partial charge in [-0.15, -0.1) is 0 Å². The van der Waals surface area contributed by atoms with E-state index in [2.05, 4.69) is 68.9 Å². The number of para-hydroxylation sites is 1. The van der Waals surface area contributed by atoms with E-state index in [0.717, 1.165) is 13.0 Å². The molecule has 2 aromatic rings. The van der Waals surface area contributed by atoms with Gasteiger partial charge in [-0.2, -0.15) is 0 Å². The third-order valence-electron chi connectivity index (χ3n) is 4.49. The summed E-state index contributed by atoms with van der Waals surface area (Å²) in [6, 6.07) is 8.94. The Bertz CT molecular complexity index is 638. The van der Waals surface area contributed by atoms with Gasteiger partial charge in [-0.05, 0) is 41.9 Å². The normalized spacial score (nSPS) is 20.2. The molecule has 1 aliphatic rings. The molecule has 21 heavy (non-hydrogen) atoms. The maximum absolute atomic E-state index is 6.47. The fourth-order valence-electron chi connectivity index (χ4n) is 3.78. The zero-order valence-corrected chi connectivity index (χ0v) is 15.0. The molecule has 1 aromatic carbocycles. The first kappa shape index (κ1) is 14.9. The van der Waals surface area contributed by atoms with Gasteiger partial charge in [0.2, 0.25) is 0 Å². The Balaban J connectivity index is 1.94. The van der Waals surface area contributed by atoms with Crippen LogP contribution in [0.25, 0.3) is 10.9 Å². The number of hydrogen-bond donors (Lipinski definition) is 0. The third-order valence-corrected chi connectivity index (χ3v) is 5.32. The van der Waals surface area contributed by atoms with Gasteiger partial charge in [0.25, 0.3) is 0 Å². The van der Waals surface area contributed by atoms with Crippen molar-refractivity contribution in [1.29, 1.82) is 0 Å². The minimum Gasteiger partial charge on any atom is -0.417 e. The lowest BCUT2D eigenvalue weighted by atomic mass is 9.77. The fourth-order valence-corrected chi connectivity index (χ4v) is 4.99. The lowest BCUT2D eigenvalue weighted by molar-refractivity contribution is 0.0247. The van der Waals surface area contributed by atoms with Gasteiger partial charge in [0.15, 0.2) is 9.04 Å². The van der Waals surface area contributed by atoms with Gasteiger partial charge >= 0.3 is 0 Å². The van der Waals surface area contributed by atoms with E-state index in [-0.39, 0.29) is 5.41 Å². The molecule has 0 saturated carbocycles. The third kappa shape index (κ3) is 2.81. The monoisotopic (exact) mass is 301 g/mol. The largest absolute Gasteiger partial charge is 0.417 e. The molecule has 3 rings (SSSR count). The molecule has 2 unspecified atom stereocenters. The van der Waals surface area contributed by atoms with Gasteiger partial charge < -0.3 is 8.99 Å². The first-order chi connectivity index (χ1) is 9.86. The van der Waals surface area contributed by atoms with Crippen LogP contribution >= 0.6 is 0 Å². The zero-order valence-electron chi connectivity index (χ0n) is 13.9. The summed E-state index contributed by atoms with van der Waals surface area (Å²) >= 11 is 0. The van der Waals surface area contributed by atoms with E-state index in [1.54, 1.807) is 0 Å². The summed E-state index contributed by atoms with van der Waals surface area (Å²) in [6.07, 6.45) is 3.73. The van der Waals surface area contributed by atoms with Crippen molar-refractivity contribution < 1.29 is 4.43 Å². The molecule has 2 atom stereocenters. The van der Waals surface area contributed by atoms with Crippen molar-refractivity contribution in [3.63, 3.8) is 0 Å². The molecule has 2 nitrogen and oxygen atoms in total. The van der Waals surface area contributed by atoms with E-state index in [4.69, 9.17) is 4.43 Å². The Labute approximate surface area is 129 Å². The summed E-state index contributed by atoms with van der Waals surface area (Å²) in [6.45, 7) is 12.6. The predicted octanol–water partition coefficient (Wildman–Crippen LogP) is 4.23. The number of benzene rings is 1. The number of hydrogen-bond acceptors (Lipinski definition) is 1. The number of aromatic nitrogens is 1. The number of rotatable bonds is 3. The van der Waals surface area contributed by atoms with Gasteiger partial charge in [0, 0.05) is 18.7 Å². The Morgan fingerprint density at radius 2 is 2.00 bits per heavy atom. The summed E-state index contributed by atoms with van der Waals surface area (Å²) in [5, 5.41) is 1.37. The van der Waals surface area contributed by atoms with Crippen molar-refractivity contribution in [3.05, 3.63) is 36.0 Å². The molecule has 114 valence electrons. The molecule has 0 amide bonds. The summed E-state index contributed by atoms with van der Waals surface area (Å²) in [4.78, 5) is 0. The minimum atomic E-state index is -1.04. The summed E-state index contributed by atoms with van der Waals surface area (Å²) in [5.41, 5.74) is 3.11. The van der Waals surface area contributed by atoms with E-state index in [9.17, 15) is 0 Å². The molecule has 0 N–H and O–H groups in total. The van der Waals surface area contributed by atoms with E-state index in [1.807, 2.05) is 0 Å². The Morgan fingerprint density at radius 3 is 2.67 bits per heavy atom. The van der Waals surface area contributed by atoms with Crippen LogP contribution in [0.1, 0.15) is 26.3 Å². The summed E-state index contributed by atoms with van der Waals surface area (Å²) in [5.74, 6) is 0.574. The highest BCUT2D eigenvalue weighted by Gasteiger charge is 2.36. The lowest BCUT2D eigenvalue weighted by Gasteiger charge is -2.40. The minimum absolute atomic E-state index is 0.195. The van der Waals surface area contributed by atoms with E-state index >= 15 is 0 Å². The summed E-state index contributed by atoms with van der Waals surface area (Å²) in [7, 11) is -1.04. The number of nitrogens with zero attached hydrogens (tertiary/aromatic N) is 1. The van der Waals surface area contributed by atoms with E-state index < -0.39 is 9.04 Å². The molecule has 1 aliphatic heterocycles. The Hall–Kier alpha value is -1.06. The molecule has 1 aromatic heterocycles. The van der Waals surface area contributed by atoms with Crippen LogP contribution in [-0.4, -0.2) is 19.7 Å². The second kappa shape index (κ2) is 5.29. The zero-order chi connectivity index (χ0) is 15.2. The van der Waals surface area contributed by atoms with Crippen molar-refractivity contribution in [2.45, 2.75) is 52.9 Å². The molecular formula is C18H27NOSi. The van der Waals surface area contributed by atoms with Crippen LogP contribution in [-0.2, 0) is 17.4 Å². The fraction of sp³-hybridized carbons (Fsp3) is 0.556. The van der Waals surface area contributed by atoms with Crippen molar-refractivity contribution >= 4 is 19.9 Å². The Morgan fingerprint density at radius 1 is 1.24 bits per heavy atom. The molecule has 0 bridgehead atoms. The summed E-state index contributed by atoms with van der Waals surface area (Å²) < 4.78 is 8.90. The van der Waals surface area contributed by atoms with Gasteiger partial charge in [-0.3, -0.25) is 0 Å². The van der Waals surface area contributed by atoms with Crippen LogP contribution in [0.15, 0.2) is 30.5 Å². The molecule has 0 aliphatic carbocycles. The SMILES string of the molecule is C[SiH](C)OC(C1Cc2cccc3ccn(c23)C1)C(C)(C)C. The molecule has 0 spiro atoms. The standard InChI is InChI=1S/C18H27NOSi/c1-18(2,3)17(20-21(4)5)15-11-14-8-6-7-13-9-10-19(12-15)16(13)14/h6-10,15,17,21H,11-12H2,1-5H3. The van der Waals surface area contributed by atoms with Crippen molar-refractivity contribution in [1.82, 2.24) is 4.57 Å². The predicted molar refractivity (Wildman–Crippen MR) is 92.3 cm³/mol. The lowest BCUT2D eigenvalue weighted by Crippen LogP contribution is -2.43. The molecule has 0 saturated heterocycles. The van der Waals surface area contributed by atoms with Gasteiger partial charge in [0.05, 0.1) is 11.6 Å². The highest BCUT2D eigenvalue weighted by Crippen LogP contribution is 2.36. The first-order valence-electron chi connectivity index (χ1n) is 8.08. The van der Waals surface area contributed by atoms with Crippen molar-refractivity contribution in [3.8, 4) is 0 Å². The van der Waals surface area contributed by atoms with Crippen LogP contribution in [0, 0.1) is 11.3 Å². The van der Waals surface area contributed by atoms with Crippen LogP contribution < -0.4 is 0 Å². The van der Waals surface area contributed by atoms with Crippen molar-refractivity contribution in [2.75, 3.05) is 0 Å². The maximum Gasteiger partial charge on any atom is 0.171 e. The highest BCUT2D eigenvalue weighted by atomic mass is 28.3. The highest BCUT2D eigenvalue weighted by molar-refractivity contribution is 6.48. The smallest absolute Gasteiger partial charge is 0.171 e. The maximum atomic E-state index is 6.47. The van der Waals surface area contributed by atoms with Crippen LogP contribution in [0.3, 0.4) is 0 Å². The van der Waals surface area contributed by atoms with Gasteiger partial charge in [-0.25, -0.2) is 0 Å². The average molecular weight is 302 g/mol. The quantitative estimate of drug-likeness (QED) is 0.774. The Kier molecular flexibility index (Phi) is 3.74. The molecule has 0 radical (unpaired) electrons. The van der Waals surface area contributed by atoms with Crippen LogP contribution in [0.5, 0.6) is 0 Å². The molecule has 2 heterocycles. The van der Waals surface area contributed by atoms with Crippen molar-refractivity contribution in [2.24, 2.45) is 11.3 Å². The van der Waals surface area contributed by atoms with E-state index in [0.29, 0.717) is 12.0 Å². The topological polar surface area (TPSA) is 14.2 Å². The van der Waals surface area contributed by atoms with Crippen LogP contribution in [0.4, 0.5) is 0 Å². The molecule has 3 heteroatoms. The second-order valence-corrected chi connectivity index (χ2v) is 10.1. The second-order valence-electron chi connectivity index (χ2n) is 7.76. The van der Waals surface area contributed by atoms with Crippen LogP contribution in [0.2, 0.25) is 13.1 Å². The first-order valence-corrected chi connectivity index (χ1v) is 10.9. The van der Waals surface area contributed by atoms with E-state index in [1.165, 1.54) is 16.5 Å².